The van der Waals surface area contributed by atoms with Gasteiger partial charge in [0.25, 0.3) is 10.0 Å². The second kappa shape index (κ2) is 16.4. The van der Waals surface area contributed by atoms with Gasteiger partial charge >= 0.3 is 0 Å². The standard InChI is InChI=1S/C37H39Cl2N3O6S/c1-47-34-21-20-28(23-35(34)48-2)42(49(45,46)29-16-7-4-8-17-29)25-36(43)41(24-30-31(38)18-11-19-32(30)39)33(22-26-12-5-3-6-13-26)37(44)40-27-14-9-10-15-27/h3-8,11-13,16-21,23,27,33H,9-10,14-15,22,24-25H2,1-2H3,(H,40,44). The van der Waals surface area contributed by atoms with Crippen LogP contribution in [0.2, 0.25) is 10.0 Å². The molecule has 1 N–H and O–H groups in total. The molecule has 1 atom stereocenters. The number of nitrogens with zero attached hydrogens (tertiary/aromatic N) is 2. The average molecular weight is 725 g/mol. The predicted octanol–water partition coefficient (Wildman–Crippen LogP) is 6.90. The van der Waals surface area contributed by atoms with E-state index in [0.717, 1.165) is 35.6 Å². The summed E-state index contributed by atoms with van der Waals surface area (Å²) in [6.07, 6.45) is 3.87. The van der Waals surface area contributed by atoms with E-state index in [0.29, 0.717) is 21.4 Å². The Kier molecular flexibility index (Phi) is 12.1. The van der Waals surface area contributed by atoms with Crippen LogP contribution in [-0.2, 0) is 32.6 Å². The van der Waals surface area contributed by atoms with Crippen LogP contribution in [0.5, 0.6) is 11.5 Å². The summed E-state index contributed by atoms with van der Waals surface area (Å²) >= 11 is 13.2. The van der Waals surface area contributed by atoms with E-state index in [-0.39, 0.29) is 41.2 Å². The number of carbonyl (C=O) groups excluding carboxylic acids is 2. The zero-order valence-electron chi connectivity index (χ0n) is 27.4. The Labute approximate surface area is 297 Å². The molecule has 0 aliphatic heterocycles. The second-order valence-electron chi connectivity index (χ2n) is 11.8. The predicted molar refractivity (Wildman–Crippen MR) is 192 cm³/mol. The maximum atomic E-state index is 14.8. The first-order chi connectivity index (χ1) is 23.6. The number of nitrogens with one attached hydrogen (secondary N) is 1. The number of ether oxygens (including phenoxy) is 2. The maximum Gasteiger partial charge on any atom is 0.264 e. The van der Waals surface area contributed by atoms with Gasteiger partial charge in [-0.05, 0) is 54.8 Å². The topological polar surface area (TPSA) is 105 Å². The van der Waals surface area contributed by atoms with Crippen LogP contribution in [0.3, 0.4) is 0 Å². The first kappa shape index (κ1) is 36.0. The number of hydrogen-bond donors (Lipinski definition) is 1. The summed E-state index contributed by atoms with van der Waals surface area (Å²) in [6.45, 7) is -0.783. The van der Waals surface area contributed by atoms with Crippen molar-refractivity contribution in [1.29, 1.82) is 0 Å². The van der Waals surface area contributed by atoms with Gasteiger partial charge in [-0.2, -0.15) is 0 Å². The van der Waals surface area contributed by atoms with Gasteiger partial charge in [-0.25, -0.2) is 8.42 Å². The van der Waals surface area contributed by atoms with Crippen LogP contribution >= 0.6 is 23.2 Å². The van der Waals surface area contributed by atoms with Gasteiger partial charge in [-0.1, -0.05) is 90.6 Å². The van der Waals surface area contributed by atoms with Gasteiger partial charge in [0, 0.05) is 40.7 Å². The van der Waals surface area contributed by atoms with E-state index in [1.54, 1.807) is 48.5 Å². The molecule has 258 valence electrons. The minimum absolute atomic E-state index is 0.0157. The third-order valence-corrected chi connectivity index (χ3v) is 11.1. The Morgan fingerprint density at radius 3 is 2.06 bits per heavy atom. The summed E-state index contributed by atoms with van der Waals surface area (Å²) in [5.74, 6) is -0.307. The fourth-order valence-electron chi connectivity index (χ4n) is 6.00. The minimum Gasteiger partial charge on any atom is -0.493 e. The van der Waals surface area contributed by atoms with Crippen molar-refractivity contribution in [3.63, 3.8) is 0 Å². The molecule has 0 aromatic heterocycles. The lowest BCUT2D eigenvalue weighted by atomic mass is 10.0. The van der Waals surface area contributed by atoms with Gasteiger partial charge < -0.3 is 19.7 Å². The van der Waals surface area contributed by atoms with Crippen LogP contribution in [0.15, 0.2) is 102 Å². The normalized spacial score (nSPS) is 13.8. The fraction of sp³-hybridized carbons (Fsp3) is 0.297. The van der Waals surface area contributed by atoms with Gasteiger partial charge in [0.2, 0.25) is 11.8 Å². The summed E-state index contributed by atoms with van der Waals surface area (Å²) in [5.41, 5.74) is 1.43. The summed E-state index contributed by atoms with van der Waals surface area (Å²) in [6, 6.07) is 25.8. The van der Waals surface area contributed by atoms with E-state index in [1.165, 1.54) is 37.3 Å². The highest BCUT2D eigenvalue weighted by molar-refractivity contribution is 7.92. The maximum absolute atomic E-state index is 14.8. The van der Waals surface area contributed by atoms with E-state index in [2.05, 4.69) is 5.32 Å². The molecule has 0 bridgehead atoms. The molecular formula is C37H39Cl2N3O6S. The molecule has 4 aromatic rings. The number of rotatable bonds is 14. The molecule has 1 saturated carbocycles. The average Bonchev–Trinajstić information content (AvgIpc) is 3.63. The molecule has 5 rings (SSSR count). The lowest BCUT2D eigenvalue weighted by Gasteiger charge is -2.34. The Bertz CT molecular complexity index is 1830. The van der Waals surface area contributed by atoms with Crippen LogP contribution in [-0.4, -0.2) is 58.0 Å². The number of benzene rings is 4. The van der Waals surface area contributed by atoms with Crippen LogP contribution in [0.1, 0.15) is 36.8 Å². The van der Waals surface area contributed by atoms with Crippen molar-refractivity contribution in [2.45, 2.75) is 55.6 Å². The molecule has 0 saturated heterocycles. The van der Waals surface area contributed by atoms with Crippen molar-refractivity contribution in [1.82, 2.24) is 10.2 Å². The lowest BCUT2D eigenvalue weighted by Crippen LogP contribution is -2.54. The molecule has 49 heavy (non-hydrogen) atoms. The molecule has 1 aliphatic rings. The smallest absolute Gasteiger partial charge is 0.264 e. The van der Waals surface area contributed by atoms with E-state index < -0.39 is 28.5 Å². The monoisotopic (exact) mass is 723 g/mol. The Morgan fingerprint density at radius 1 is 0.837 bits per heavy atom. The highest BCUT2D eigenvalue weighted by Gasteiger charge is 2.36. The van der Waals surface area contributed by atoms with Crippen molar-refractivity contribution in [2.24, 2.45) is 0 Å². The molecule has 0 radical (unpaired) electrons. The van der Waals surface area contributed by atoms with Crippen molar-refractivity contribution in [3.8, 4) is 11.5 Å². The molecular weight excluding hydrogens is 685 g/mol. The van der Waals surface area contributed by atoms with Crippen molar-refractivity contribution in [2.75, 3.05) is 25.1 Å². The number of anilines is 1. The second-order valence-corrected chi connectivity index (χ2v) is 14.5. The highest BCUT2D eigenvalue weighted by atomic mass is 35.5. The van der Waals surface area contributed by atoms with Gasteiger partial charge in [0.15, 0.2) is 11.5 Å². The zero-order chi connectivity index (χ0) is 35.0. The first-order valence-electron chi connectivity index (χ1n) is 16.0. The van der Waals surface area contributed by atoms with Crippen LogP contribution < -0.4 is 19.1 Å². The number of methoxy groups -OCH3 is 2. The number of carbonyl (C=O) groups is 2. The third-order valence-electron chi connectivity index (χ3n) is 8.63. The Morgan fingerprint density at radius 2 is 1.45 bits per heavy atom. The SMILES string of the molecule is COc1ccc(N(CC(=O)N(Cc2c(Cl)cccc2Cl)C(Cc2ccccc2)C(=O)NC2CCCC2)S(=O)(=O)c2ccccc2)cc1OC. The highest BCUT2D eigenvalue weighted by Crippen LogP contribution is 2.34. The van der Waals surface area contributed by atoms with Crippen LogP contribution in [0, 0.1) is 0 Å². The van der Waals surface area contributed by atoms with E-state index >= 15 is 0 Å². The molecule has 2 amide bonds. The van der Waals surface area contributed by atoms with Crippen LogP contribution in [0.25, 0.3) is 0 Å². The van der Waals surface area contributed by atoms with Crippen molar-refractivity contribution < 1.29 is 27.5 Å². The Balaban J connectivity index is 1.62. The minimum atomic E-state index is -4.30. The van der Waals surface area contributed by atoms with Crippen molar-refractivity contribution >= 4 is 50.7 Å². The summed E-state index contributed by atoms with van der Waals surface area (Å²) in [4.78, 5) is 30.4. The van der Waals surface area contributed by atoms with E-state index in [1.807, 2.05) is 30.3 Å². The summed E-state index contributed by atoms with van der Waals surface area (Å²) in [5, 5.41) is 3.78. The van der Waals surface area contributed by atoms with E-state index in [4.69, 9.17) is 32.7 Å². The van der Waals surface area contributed by atoms with Crippen LogP contribution in [0.4, 0.5) is 5.69 Å². The third kappa shape index (κ3) is 8.68. The summed E-state index contributed by atoms with van der Waals surface area (Å²) < 4.78 is 40.5. The number of sulfonamides is 1. The van der Waals surface area contributed by atoms with E-state index in [9.17, 15) is 18.0 Å². The molecule has 12 heteroatoms. The number of halogens is 2. The molecule has 4 aromatic carbocycles. The zero-order valence-corrected chi connectivity index (χ0v) is 29.7. The Hall–Kier alpha value is -4.25. The fourth-order valence-corrected chi connectivity index (χ4v) is 7.95. The number of amides is 2. The lowest BCUT2D eigenvalue weighted by molar-refractivity contribution is -0.140. The molecule has 0 spiro atoms. The van der Waals surface area contributed by atoms with Gasteiger partial charge in [0.1, 0.15) is 12.6 Å². The van der Waals surface area contributed by atoms with Gasteiger partial charge in [0.05, 0.1) is 24.8 Å². The molecule has 9 nitrogen and oxygen atoms in total. The van der Waals surface area contributed by atoms with Gasteiger partial charge in [-0.3, -0.25) is 13.9 Å². The first-order valence-corrected chi connectivity index (χ1v) is 18.2. The molecule has 1 unspecified atom stereocenters. The molecule has 1 aliphatic carbocycles. The van der Waals surface area contributed by atoms with Gasteiger partial charge in [-0.15, -0.1) is 0 Å². The number of hydrogen-bond acceptors (Lipinski definition) is 6. The summed E-state index contributed by atoms with van der Waals surface area (Å²) in [7, 11) is -1.39. The molecule has 1 fully saturated rings. The quantitative estimate of drug-likeness (QED) is 0.152. The van der Waals surface area contributed by atoms with Crippen molar-refractivity contribution in [3.05, 3.63) is 118 Å². The molecule has 0 heterocycles. The largest absolute Gasteiger partial charge is 0.493 e.